The van der Waals surface area contributed by atoms with Gasteiger partial charge < -0.3 is 9.47 Å². The van der Waals surface area contributed by atoms with Crippen LogP contribution in [0.25, 0.3) is 0 Å². The summed E-state index contributed by atoms with van der Waals surface area (Å²) in [5, 5.41) is 0. The minimum absolute atomic E-state index is 0.0347. The quantitative estimate of drug-likeness (QED) is 0.764. The second-order valence-corrected chi connectivity index (χ2v) is 8.69. The van der Waals surface area contributed by atoms with Crippen molar-refractivity contribution in [3.8, 4) is 0 Å². The highest BCUT2D eigenvalue weighted by Crippen LogP contribution is 2.33. The van der Waals surface area contributed by atoms with Crippen LogP contribution >= 0.6 is 0 Å². The molecule has 2 aliphatic rings. The third-order valence-electron chi connectivity index (χ3n) is 5.60. The van der Waals surface area contributed by atoms with Gasteiger partial charge in [-0.25, -0.2) is 9.98 Å². The molecule has 28 heavy (non-hydrogen) atoms. The van der Waals surface area contributed by atoms with E-state index in [1.54, 1.807) is 0 Å². The molecule has 0 fully saturated rings. The van der Waals surface area contributed by atoms with Gasteiger partial charge in [0.25, 0.3) is 11.8 Å². The van der Waals surface area contributed by atoms with E-state index >= 15 is 0 Å². The Labute approximate surface area is 167 Å². The normalized spacial score (nSPS) is 24.9. The summed E-state index contributed by atoms with van der Waals surface area (Å²) in [5.41, 5.74) is 1.73. The molecule has 2 atom stereocenters. The zero-order valence-corrected chi connectivity index (χ0v) is 17.1. The Kier molecular flexibility index (Phi) is 4.74. The summed E-state index contributed by atoms with van der Waals surface area (Å²) >= 11 is 0. The maximum Gasteiger partial charge on any atom is 0.274 e. The van der Waals surface area contributed by atoms with Crippen LogP contribution in [0.5, 0.6) is 0 Å². The standard InChI is InChI=1S/C24H28N2O2/c1-23(2)19(15-17-11-7-5-8-12-17)25-21(27-23)22-26-20(24(3,4)28-22)16-18-13-9-6-10-14-18/h5-14,19-20H,15-16H2,1-4H3/t19-,20-/m0/s1. The number of aliphatic imine (C=N–C) groups is 2. The molecule has 2 aromatic carbocycles. The molecule has 4 heteroatoms. The van der Waals surface area contributed by atoms with Crippen molar-refractivity contribution in [1.82, 2.24) is 0 Å². The average Bonchev–Trinajstić information content (AvgIpc) is 3.12. The van der Waals surface area contributed by atoms with Crippen LogP contribution in [0, 0.1) is 0 Å². The highest BCUT2D eigenvalue weighted by Gasteiger charge is 2.46. The molecule has 0 aliphatic carbocycles. The lowest BCUT2D eigenvalue weighted by molar-refractivity contribution is 0.0818. The van der Waals surface area contributed by atoms with Crippen molar-refractivity contribution in [1.29, 1.82) is 0 Å². The number of nitrogens with zero attached hydrogens (tertiary/aromatic N) is 2. The maximum absolute atomic E-state index is 6.20. The van der Waals surface area contributed by atoms with Crippen LogP contribution in [0.4, 0.5) is 0 Å². The molecular weight excluding hydrogens is 348 g/mol. The molecule has 2 aliphatic heterocycles. The molecule has 0 aromatic heterocycles. The van der Waals surface area contributed by atoms with Crippen molar-refractivity contribution in [3.05, 3.63) is 71.8 Å². The van der Waals surface area contributed by atoms with Gasteiger partial charge in [0.2, 0.25) is 0 Å². The van der Waals surface area contributed by atoms with Crippen LogP contribution in [-0.4, -0.2) is 35.1 Å². The minimum Gasteiger partial charge on any atom is -0.466 e. The van der Waals surface area contributed by atoms with Crippen molar-refractivity contribution in [3.63, 3.8) is 0 Å². The third kappa shape index (κ3) is 3.82. The lowest BCUT2D eigenvalue weighted by Gasteiger charge is -2.26. The molecule has 4 nitrogen and oxygen atoms in total. The van der Waals surface area contributed by atoms with Crippen LogP contribution in [-0.2, 0) is 22.3 Å². The van der Waals surface area contributed by atoms with Gasteiger partial charge in [0.05, 0.1) is 12.1 Å². The summed E-state index contributed by atoms with van der Waals surface area (Å²) in [7, 11) is 0. The number of ether oxygens (including phenoxy) is 2. The van der Waals surface area contributed by atoms with E-state index in [1.165, 1.54) is 11.1 Å². The Morgan fingerprint density at radius 2 is 1.00 bits per heavy atom. The predicted octanol–water partition coefficient (Wildman–Crippen LogP) is 4.62. The highest BCUT2D eigenvalue weighted by molar-refractivity contribution is 6.36. The Hall–Kier alpha value is -2.62. The topological polar surface area (TPSA) is 43.2 Å². The van der Waals surface area contributed by atoms with Gasteiger partial charge in [0.15, 0.2) is 0 Å². The molecule has 0 radical (unpaired) electrons. The summed E-state index contributed by atoms with van der Waals surface area (Å²) in [4.78, 5) is 9.73. The first-order valence-electron chi connectivity index (χ1n) is 9.95. The monoisotopic (exact) mass is 376 g/mol. The summed E-state index contributed by atoms with van der Waals surface area (Å²) in [6, 6.07) is 20.9. The lowest BCUT2D eigenvalue weighted by Crippen LogP contribution is -2.37. The van der Waals surface area contributed by atoms with Crippen LogP contribution in [0.2, 0.25) is 0 Å². The fraction of sp³-hybridized carbons (Fsp3) is 0.417. The van der Waals surface area contributed by atoms with Crippen LogP contribution < -0.4 is 0 Å². The number of rotatable bonds is 5. The van der Waals surface area contributed by atoms with E-state index in [0.29, 0.717) is 11.8 Å². The molecule has 0 unspecified atom stereocenters. The zero-order chi connectivity index (χ0) is 19.8. The second kappa shape index (κ2) is 7.08. The highest BCUT2D eigenvalue weighted by atomic mass is 16.6. The third-order valence-corrected chi connectivity index (χ3v) is 5.60. The van der Waals surface area contributed by atoms with Gasteiger partial charge in [-0.15, -0.1) is 0 Å². The Morgan fingerprint density at radius 1 is 0.643 bits per heavy atom. The van der Waals surface area contributed by atoms with Gasteiger partial charge in [0, 0.05) is 0 Å². The minimum atomic E-state index is -0.390. The lowest BCUT2D eigenvalue weighted by atomic mass is 9.93. The van der Waals surface area contributed by atoms with Gasteiger partial charge in [0.1, 0.15) is 11.2 Å². The van der Waals surface area contributed by atoms with E-state index in [4.69, 9.17) is 19.5 Å². The fourth-order valence-corrected chi connectivity index (χ4v) is 3.74. The van der Waals surface area contributed by atoms with Crippen molar-refractivity contribution in [2.45, 2.75) is 63.8 Å². The van der Waals surface area contributed by atoms with Crippen LogP contribution in [0.1, 0.15) is 38.8 Å². The molecule has 0 saturated heterocycles. The number of hydrogen-bond donors (Lipinski definition) is 0. The molecule has 2 aromatic rings. The first-order chi connectivity index (χ1) is 13.3. The van der Waals surface area contributed by atoms with E-state index < -0.39 is 11.2 Å². The van der Waals surface area contributed by atoms with E-state index in [-0.39, 0.29) is 12.1 Å². The molecule has 0 spiro atoms. The maximum atomic E-state index is 6.20. The van der Waals surface area contributed by atoms with Gasteiger partial charge in [-0.05, 0) is 51.7 Å². The smallest absolute Gasteiger partial charge is 0.274 e. The van der Waals surface area contributed by atoms with Crippen molar-refractivity contribution < 1.29 is 9.47 Å². The number of benzene rings is 2. The van der Waals surface area contributed by atoms with Gasteiger partial charge in [-0.2, -0.15) is 0 Å². The van der Waals surface area contributed by atoms with E-state index in [2.05, 4.69) is 76.2 Å². The van der Waals surface area contributed by atoms with Gasteiger partial charge >= 0.3 is 0 Å². The van der Waals surface area contributed by atoms with E-state index in [0.717, 1.165) is 12.8 Å². The molecule has 2 heterocycles. The first kappa shape index (κ1) is 18.7. The fourth-order valence-electron chi connectivity index (χ4n) is 3.74. The molecule has 0 N–H and O–H groups in total. The molecule has 4 rings (SSSR count). The summed E-state index contributed by atoms with van der Waals surface area (Å²) in [6.45, 7) is 8.33. The average molecular weight is 377 g/mol. The summed E-state index contributed by atoms with van der Waals surface area (Å²) < 4.78 is 12.4. The van der Waals surface area contributed by atoms with E-state index in [1.807, 2.05) is 12.1 Å². The van der Waals surface area contributed by atoms with Crippen LogP contribution in [0.3, 0.4) is 0 Å². The molecule has 146 valence electrons. The zero-order valence-electron chi connectivity index (χ0n) is 17.1. The molecule has 0 bridgehead atoms. The predicted molar refractivity (Wildman–Crippen MR) is 113 cm³/mol. The van der Waals surface area contributed by atoms with Gasteiger partial charge in [-0.1, -0.05) is 60.7 Å². The molecular formula is C24H28N2O2. The molecule has 0 amide bonds. The van der Waals surface area contributed by atoms with Crippen LogP contribution in [0.15, 0.2) is 70.6 Å². The van der Waals surface area contributed by atoms with Crippen molar-refractivity contribution >= 4 is 11.8 Å². The molecule has 0 saturated carbocycles. The van der Waals surface area contributed by atoms with Gasteiger partial charge in [-0.3, -0.25) is 0 Å². The number of hydrogen-bond acceptors (Lipinski definition) is 4. The van der Waals surface area contributed by atoms with E-state index in [9.17, 15) is 0 Å². The summed E-state index contributed by atoms with van der Waals surface area (Å²) in [6.07, 6.45) is 1.67. The Bertz CT molecular complexity index is 810. The van der Waals surface area contributed by atoms with Crippen molar-refractivity contribution in [2.24, 2.45) is 9.98 Å². The first-order valence-corrected chi connectivity index (χ1v) is 9.95. The Morgan fingerprint density at radius 3 is 1.36 bits per heavy atom. The van der Waals surface area contributed by atoms with Crippen molar-refractivity contribution in [2.75, 3.05) is 0 Å². The second-order valence-electron chi connectivity index (χ2n) is 8.69. The Balaban J connectivity index is 1.54. The SMILES string of the molecule is CC1(C)OC(C2=N[C@@H](Cc3ccccc3)C(C)(C)O2)=N[C@H]1Cc1ccccc1. The largest absolute Gasteiger partial charge is 0.466 e. The summed E-state index contributed by atoms with van der Waals surface area (Å²) in [5.74, 6) is 1.07.